The van der Waals surface area contributed by atoms with Gasteiger partial charge in [0, 0.05) is 16.8 Å². The summed E-state index contributed by atoms with van der Waals surface area (Å²) in [6.45, 7) is 0.141. The van der Waals surface area contributed by atoms with Crippen LogP contribution in [0.3, 0.4) is 0 Å². The van der Waals surface area contributed by atoms with Gasteiger partial charge in [-0.25, -0.2) is 4.98 Å². The maximum Gasteiger partial charge on any atom is 0.299 e. The van der Waals surface area contributed by atoms with Gasteiger partial charge in [0.2, 0.25) is 0 Å². The first-order valence-electron chi connectivity index (χ1n) is 5.93. The standard InChI is InChI=1S/C14H7Cl3N2O2/c15-8-1-2-11-9(3-8)13(20)14(21)19(11)6-7-5-18-12(17)4-10(7)16/h1-5H,6H2. The zero-order valence-corrected chi connectivity index (χ0v) is 12.7. The Balaban J connectivity index is 2.00. The number of pyridine rings is 1. The highest BCUT2D eigenvalue weighted by Crippen LogP contribution is 2.33. The van der Waals surface area contributed by atoms with Crippen molar-refractivity contribution < 1.29 is 9.59 Å². The molecule has 3 rings (SSSR count). The van der Waals surface area contributed by atoms with Crippen LogP contribution in [-0.2, 0) is 11.3 Å². The van der Waals surface area contributed by atoms with Crippen molar-refractivity contribution in [3.8, 4) is 0 Å². The van der Waals surface area contributed by atoms with E-state index >= 15 is 0 Å². The van der Waals surface area contributed by atoms with E-state index in [4.69, 9.17) is 34.8 Å². The fourth-order valence-corrected chi connectivity index (χ4v) is 2.75. The fourth-order valence-electron chi connectivity index (χ4n) is 2.15. The Labute approximate surface area is 135 Å². The number of anilines is 1. The number of carbonyl (C=O) groups excluding carboxylic acids is 2. The molecule has 0 saturated carbocycles. The van der Waals surface area contributed by atoms with Crippen molar-refractivity contribution in [3.05, 3.63) is 56.8 Å². The van der Waals surface area contributed by atoms with E-state index in [9.17, 15) is 9.59 Å². The van der Waals surface area contributed by atoms with Crippen molar-refractivity contribution in [3.63, 3.8) is 0 Å². The normalized spacial score (nSPS) is 13.8. The molecule has 21 heavy (non-hydrogen) atoms. The van der Waals surface area contributed by atoms with Crippen LogP contribution in [0.25, 0.3) is 0 Å². The maximum absolute atomic E-state index is 12.1. The SMILES string of the molecule is O=C1C(=O)N(Cc2cnc(Cl)cc2Cl)c2ccc(Cl)cc21. The Morgan fingerprint density at radius 2 is 1.86 bits per heavy atom. The minimum absolute atomic E-state index is 0.141. The molecular weight excluding hydrogens is 335 g/mol. The van der Waals surface area contributed by atoms with E-state index in [0.29, 0.717) is 26.9 Å². The molecule has 7 heteroatoms. The molecule has 2 heterocycles. The first-order valence-corrected chi connectivity index (χ1v) is 7.06. The minimum atomic E-state index is -0.613. The van der Waals surface area contributed by atoms with Crippen LogP contribution >= 0.6 is 34.8 Å². The number of benzene rings is 1. The van der Waals surface area contributed by atoms with Crippen molar-refractivity contribution in [2.24, 2.45) is 0 Å². The molecule has 0 bridgehead atoms. The number of amides is 1. The Morgan fingerprint density at radius 3 is 2.57 bits per heavy atom. The molecule has 1 aromatic heterocycles. The molecular formula is C14H7Cl3N2O2. The molecule has 1 amide bonds. The highest BCUT2D eigenvalue weighted by Gasteiger charge is 2.36. The molecule has 0 unspecified atom stereocenters. The third-order valence-electron chi connectivity index (χ3n) is 3.16. The summed E-state index contributed by atoms with van der Waals surface area (Å²) in [7, 11) is 0. The molecule has 0 radical (unpaired) electrons. The van der Waals surface area contributed by atoms with E-state index in [2.05, 4.69) is 4.98 Å². The van der Waals surface area contributed by atoms with Gasteiger partial charge in [0.25, 0.3) is 11.7 Å². The van der Waals surface area contributed by atoms with Crippen LogP contribution in [-0.4, -0.2) is 16.7 Å². The molecule has 0 spiro atoms. The van der Waals surface area contributed by atoms with Crippen LogP contribution in [0.1, 0.15) is 15.9 Å². The van der Waals surface area contributed by atoms with E-state index < -0.39 is 11.7 Å². The molecule has 4 nitrogen and oxygen atoms in total. The number of halogens is 3. The molecule has 0 saturated heterocycles. The number of hydrogen-bond donors (Lipinski definition) is 0. The van der Waals surface area contributed by atoms with Gasteiger partial charge < -0.3 is 4.90 Å². The van der Waals surface area contributed by atoms with E-state index in [1.165, 1.54) is 23.2 Å². The average molecular weight is 342 g/mol. The van der Waals surface area contributed by atoms with Crippen molar-refractivity contribution >= 4 is 52.2 Å². The second kappa shape index (κ2) is 5.30. The second-order valence-electron chi connectivity index (χ2n) is 4.48. The van der Waals surface area contributed by atoms with Gasteiger partial charge in [0.05, 0.1) is 22.8 Å². The molecule has 0 fully saturated rings. The van der Waals surface area contributed by atoms with E-state index in [1.807, 2.05) is 0 Å². The molecule has 2 aromatic rings. The number of nitrogens with zero attached hydrogens (tertiary/aromatic N) is 2. The van der Waals surface area contributed by atoms with E-state index in [-0.39, 0.29) is 11.7 Å². The molecule has 0 atom stereocenters. The van der Waals surface area contributed by atoms with Crippen LogP contribution in [0.15, 0.2) is 30.5 Å². The number of aromatic nitrogens is 1. The Bertz CT molecular complexity index is 777. The quantitative estimate of drug-likeness (QED) is 0.617. The highest BCUT2D eigenvalue weighted by atomic mass is 35.5. The van der Waals surface area contributed by atoms with Crippen LogP contribution in [0.2, 0.25) is 15.2 Å². The molecule has 0 N–H and O–H groups in total. The van der Waals surface area contributed by atoms with Gasteiger partial charge in [-0.05, 0) is 24.3 Å². The second-order valence-corrected chi connectivity index (χ2v) is 5.71. The van der Waals surface area contributed by atoms with Gasteiger partial charge >= 0.3 is 0 Å². The molecule has 106 valence electrons. The number of Topliss-reactive ketones (excluding diaryl/α,β-unsaturated/α-hetero) is 1. The monoisotopic (exact) mass is 340 g/mol. The summed E-state index contributed by atoms with van der Waals surface area (Å²) in [5.74, 6) is -1.19. The molecule has 1 aliphatic heterocycles. The lowest BCUT2D eigenvalue weighted by molar-refractivity contribution is -0.114. The summed E-state index contributed by atoms with van der Waals surface area (Å²) in [6.07, 6.45) is 1.48. The van der Waals surface area contributed by atoms with Crippen molar-refractivity contribution in [1.29, 1.82) is 0 Å². The maximum atomic E-state index is 12.1. The predicted molar refractivity (Wildman–Crippen MR) is 81.2 cm³/mol. The predicted octanol–water partition coefficient (Wildman–Crippen LogP) is 3.77. The van der Waals surface area contributed by atoms with Crippen molar-refractivity contribution in [1.82, 2.24) is 4.98 Å². The summed E-state index contributed by atoms with van der Waals surface area (Å²) in [4.78, 5) is 29.4. The number of rotatable bonds is 2. The first kappa shape index (κ1) is 14.3. The largest absolute Gasteiger partial charge is 0.300 e. The number of fused-ring (bicyclic) bond motifs is 1. The topological polar surface area (TPSA) is 50.3 Å². The summed E-state index contributed by atoms with van der Waals surface area (Å²) < 4.78 is 0. The molecule has 0 aliphatic carbocycles. The van der Waals surface area contributed by atoms with E-state index in [1.54, 1.807) is 12.1 Å². The first-order chi connectivity index (χ1) is 9.97. The van der Waals surface area contributed by atoms with Gasteiger partial charge in [-0.15, -0.1) is 0 Å². The van der Waals surface area contributed by atoms with Crippen LogP contribution in [0, 0.1) is 0 Å². The van der Waals surface area contributed by atoms with E-state index in [0.717, 1.165) is 0 Å². The summed E-state index contributed by atoms with van der Waals surface area (Å²) in [5, 5.41) is 1.06. The number of carbonyl (C=O) groups is 2. The van der Waals surface area contributed by atoms with Crippen LogP contribution < -0.4 is 4.90 Å². The third-order valence-corrected chi connectivity index (χ3v) is 3.95. The van der Waals surface area contributed by atoms with Gasteiger partial charge in [-0.1, -0.05) is 34.8 Å². The molecule has 1 aliphatic rings. The van der Waals surface area contributed by atoms with Gasteiger partial charge in [0.1, 0.15) is 5.15 Å². The lowest BCUT2D eigenvalue weighted by Crippen LogP contribution is -2.29. The average Bonchev–Trinajstić information content (AvgIpc) is 2.66. The third kappa shape index (κ3) is 2.50. The summed E-state index contributed by atoms with van der Waals surface area (Å²) in [6, 6.07) is 6.24. The lowest BCUT2D eigenvalue weighted by atomic mass is 10.1. The fraction of sp³-hybridized carbons (Fsp3) is 0.0714. The van der Waals surface area contributed by atoms with Crippen LogP contribution in [0.5, 0.6) is 0 Å². The zero-order valence-electron chi connectivity index (χ0n) is 10.4. The van der Waals surface area contributed by atoms with Crippen molar-refractivity contribution in [2.45, 2.75) is 6.54 Å². The Hall–Kier alpha value is -1.62. The van der Waals surface area contributed by atoms with Crippen LogP contribution in [0.4, 0.5) is 5.69 Å². The smallest absolute Gasteiger partial charge is 0.299 e. The highest BCUT2D eigenvalue weighted by molar-refractivity contribution is 6.52. The minimum Gasteiger partial charge on any atom is -0.300 e. The number of ketones is 1. The summed E-state index contributed by atoms with van der Waals surface area (Å²) >= 11 is 17.7. The molecule has 1 aromatic carbocycles. The lowest BCUT2D eigenvalue weighted by Gasteiger charge is -2.17. The van der Waals surface area contributed by atoms with Crippen molar-refractivity contribution in [2.75, 3.05) is 4.90 Å². The van der Waals surface area contributed by atoms with Gasteiger partial charge in [-0.3, -0.25) is 9.59 Å². The van der Waals surface area contributed by atoms with Gasteiger partial charge in [-0.2, -0.15) is 0 Å². The summed E-state index contributed by atoms with van der Waals surface area (Å²) in [5.41, 5.74) is 1.41. The Kier molecular flexibility index (Phi) is 3.61. The number of hydrogen-bond acceptors (Lipinski definition) is 3. The van der Waals surface area contributed by atoms with Gasteiger partial charge in [0.15, 0.2) is 0 Å². The zero-order chi connectivity index (χ0) is 15.1. The Morgan fingerprint density at radius 1 is 1.10 bits per heavy atom.